The van der Waals surface area contributed by atoms with E-state index >= 15 is 0 Å². The van der Waals surface area contributed by atoms with Gasteiger partial charge >= 0.3 is 6.18 Å². The third-order valence-electron chi connectivity index (χ3n) is 1.94. The fourth-order valence-corrected chi connectivity index (χ4v) is 1.17. The predicted molar refractivity (Wildman–Crippen MR) is 54.8 cm³/mol. The zero-order valence-electron chi connectivity index (χ0n) is 8.69. The van der Waals surface area contributed by atoms with Crippen LogP contribution in [-0.2, 0) is 6.18 Å². The van der Waals surface area contributed by atoms with Crippen molar-refractivity contribution in [2.24, 2.45) is 10.2 Å². The molecule has 0 saturated heterocycles. The smallest absolute Gasteiger partial charge is 0.292 e. The molecule has 0 unspecified atom stereocenters. The first kappa shape index (κ1) is 12.0. The van der Waals surface area contributed by atoms with Gasteiger partial charge in [0.15, 0.2) is 17.2 Å². The van der Waals surface area contributed by atoms with Gasteiger partial charge in [0, 0.05) is 6.20 Å². The van der Waals surface area contributed by atoms with Crippen LogP contribution in [-0.4, -0.2) is 15.2 Å². The second kappa shape index (κ2) is 4.43. The Hall–Kier alpha value is -2.45. The minimum absolute atomic E-state index is 0.103. The van der Waals surface area contributed by atoms with Crippen molar-refractivity contribution in [1.29, 1.82) is 0 Å². The summed E-state index contributed by atoms with van der Waals surface area (Å²) >= 11 is 0. The number of aromatic nitrogens is 3. The lowest BCUT2D eigenvalue weighted by Gasteiger charge is -2.02. The number of rotatable bonds is 2. The molecule has 2 heterocycles. The van der Waals surface area contributed by atoms with Crippen molar-refractivity contribution in [3.8, 4) is 0 Å². The zero-order chi connectivity index (χ0) is 13.2. The summed E-state index contributed by atoms with van der Waals surface area (Å²) in [5.41, 5.74) is -3.10. The number of halogens is 3. The monoisotopic (exact) mass is 257 g/mol. The molecular formula is C9H6F3N5O. The highest BCUT2D eigenvalue weighted by molar-refractivity contribution is 5.41. The fraction of sp³-hybridized carbons (Fsp3) is 0.111. The van der Waals surface area contributed by atoms with E-state index in [0.29, 0.717) is 0 Å². The molecule has 0 atom stereocenters. The maximum atomic E-state index is 12.5. The quantitative estimate of drug-likeness (QED) is 0.810. The number of alkyl halides is 3. The van der Waals surface area contributed by atoms with Crippen molar-refractivity contribution in [1.82, 2.24) is 15.2 Å². The topological polar surface area (TPSA) is 86.3 Å². The Morgan fingerprint density at radius 1 is 1.17 bits per heavy atom. The Bertz CT molecular complexity index is 613. The summed E-state index contributed by atoms with van der Waals surface area (Å²) in [5.74, 6) is 0.103. The van der Waals surface area contributed by atoms with Gasteiger partial charge in [-0.2, -0.15) is 13.2 Å². The van der Waals surface area contributed by atoms with Crippen molar-refractivity contribution < 1.29 is 13.2 Å². The minimum Gasteiger partial charge on any atom is -0.292 e. The molecule has 18 heavy (non-hydrogen) atoms. The fourth-order valence-electron chi connectivity index (χ4n) is 1.17. The van der Waals surface area contributed by atoms with E-state index in [1.165, 1.54) is 12.3 Å². The van der Waals surface area contributed by atoms with E-state index in [4.69, 9.17) is 0 Å². The highest BCUT2D eigenvalue weighted by Crippen LogP contribution is 2.32. The van der Waals surface area contributed by atoms with E-state index in [1.807, 2.05) is 0 Å². The van der Waals surface area contributed by atoms with Crippen molar-refractivity contribution in [2.75, 3.05) is 0 Å². The maximum Gasteiger partial charge on any atom is 0.435 e. The molecule has 0 saturated carbocycles. The molecule has 0 aliphatic rings. The van der Waals surface area contributed by atoms with Crippen LogP contribution in [0.4, 0.5) is 24.7 Å². The second-order valence-corrected chi connectivity index (χ2v) is 3.19. The Labute approximate surface area is 97.6 Å². The number of azo groups is 1. The number of hydrogen-bond donors (Lipinski definition) is 2. The average Bonchev–Trinajstić information content (AvgIpc) is 2.69. The number of nitrogens with one attached hydrogen (secondary N) is 2. The van der Waals surface area contributed by atoms with Gasteiger partial charge in [0.1, 0.15) is 0 Å². The van der Waals surface area contributed by atoms with Crippen LogP contribution in [0.1, 0.15) is 5.69 Å². The van der Waals surface area contributed by atoms with Crippen LogP contribution in [0, 0.1) is 0 Å². The van der Waals surface area contributed by atoms with E-state index in [-0.39, 0.29) is 5.82 Å². The van der Waals surface area contributed by atoms with Crippen LogP contribution in [0.15, 0.2) is 39.4 Å². The van der Waals surface area contributed by atoms with Crippen molar-refractivity contribution in [3.05, 3.63) is 40.4 Å². The standard InChI is InChI=1S/C9H6F3N5O/c10-9(11,12)7-6(8(18)17-16-7)15-14-5-3-1-2-4-13-5/h1-4H,(H2,16,17,18). The predicted octanol–water partition coefficient (Wildman–Crippen LogP) is 2.53. The third kappa shape index (κ3) is 2.44. The SMILES string of the molecule is O=c1[nH][nH]c(C(F)(F)F)c1N=Nc1ccccn1. The molecule has 2 aromatic rings. The highest BCUT2D eigenvalue weighted by Gasteiger charge is 2.37. The zero-order valence-corrected chi connectivity index (χ0v) is 8.69. The van der Waals surface area contributed by atoms with Gasteiger partial charge in [-0.15, -0.1) is 10.2 Å². The van der Waals surface area contributed by atoms with E-state index in [2.05, 4.69) is 15.2 Å². The molecule has 0 aromatic carbocycles. The molecule has 6 nitrogen and oxygen atoms in total. The molecule has 2 rings (SSSR count). The molecule has 0 aliphatic carbocycles. The average molecular weight is 257 g/mol. The molecule has 94 valence electrons. The number of pyridine rings is 1. The summed E-state index contributed by atoms with van der Waals surface area (Å²) in [4.78, 5) is 14.9. The number of nitrogens with zero attached hydrogens (tertiary/aromatic N) is 3. The molecule has 0 aliphatic heterocycles. The van der Waals surface area contributed by atoms with Crippen LogP contribution in [0.2, 0.25) is 0 Å². The van der Waals surface area contributed by atoms with Crippen LogP contribution in [0.5, 0.6) is 0 Å². The van der Waals surface area contributed by atoms with Crippen LogP contribution < -0.4 is 5.56 Å². The first-order valence-corrected chi connectivity index (χ1v) is 4.69. The summed E-state index contributed by atoms with van der Waals surface area (Å²) in [6.45, 7) is 0. The van der Waals surface area contributed by atoms with Crippen LogP contribution >= 0.6 is 0 Å². The van der Waals surface area contributed by atoms with Gasteiger partial charge in [0.05, 0.1) is 0 Å². The van der Waals surface area contributed by atoms with Gasteiger partial charge in [0.2, 0.25) is 0 Å². The van der Waals surface area contributed by atoms with Crippen LogP contribution in [0.25, 0.3) is 0 Å². The normalized spacial score (nSPS) is 12.2. The number of hydrogen-bond acceptors (Lipinski definition) is 4. The van der Waals surface area contributed by atoms with E-state index in [0.717, 1.165) is 0 Å². The summed E-state index contributed by atoms with van der Waals surface area (Å²) < 4.78 is 37.4. The van der Waals surface area contributed by atoms with Gasteiger partial charge < -0.3 is 0 Å². The third-order valence-corrected chi connectivity index (χ3v) is 1.94. The van der Waals surface area contributed by atoms with Crippen molar-refractivity contribution >= 4 is 11.5 Å². The second-order valence-electron chi connectivity index (χ2n) is 3.19. The number of aromatic amines is 2. The van der Waals surface area contributed by atoms with Crippen molar-refractivity contribution in [3.63, 3.8) is 0 Å². The summed E-state index contributed by atoms with van der Waals surface area (Å²) in [7, 11) is 0. The minimum atomic E-state index is -4.71. The molecule has 0 amide bonds. The molecule has 0 bridgehead atoms. The Morgan fingerprint density at radius 3 is 2.56 bits per heavy atom. The lowest BCUT2D eigenvalue weighted by atomic mass is 10.4. The first-order valence-electron chi connectivity index (χ1n) is 4.69. The summed E-state index contributed by atoms with van der Waals surface area (Å²) in [5, 5.41) is 10.2. The number of H-pyrrole nitrogens is 2. The molecular weight excluding hydrogens is 251 g/mol. The van der Waals surface area contributed by atoms with Crippen molar-refractivity contribution in [2.45, 2.75) is 6.18 Å². The molecule has 2 aromatic heterocycles. The largest absolute Gasteiger partial charge is 0.435 e. The van der Waals surface area contributed by atoms with Gasteiger partial charge in [-0.05, 0) is 12.1 Å². The van der Waals surface area contributed by atoms with E-state index < -0.39 is 23.1 Å². The van der Waals surface area contributed by atoms with Gasteiger partial charge in [0.25, 0.3) is 5.56 Å². The molecule has 0 spiro atoms. The summed E-state index contributed by atoms with van der Waals surface area (Å²) in [6, 6.07) is 4.65. The molecule has 2 N–H and O–H groups in total. The van der Waals surface area contributed by atoms with E-state index in [1.54, 1.807) is 22.3 Å². The van der Waals surface area contributed by atoms with Gasteiger partial charge in [-0.25, -0.2) is 4.98 Å². The molecule has 9 heteroatoms. The Balaban J connectivity index is 2.38. The Kier molecular flexibility index (Phi) is 2.96. The van der Waals surface area contributed by atoms with Gasteiger partial charge in [-0.1, -0.05) is 6.07 Å². The van der Waals surface area contributed by atoms with Crippen LogP contribution in [0.3, 0.4) is 0 Å². The lowest BCUT2D eigenvalue weighted by Crippen LogP contribution is -2.06. The highest BCUT2D eigenvalue weighted by atomic mass is 19.4. The Morgan fingerprint density at radius 2 is 1.94 bits per heavy atom. The first-order chi connectivity index (χ1) is 8.48. The molecule has 0 radical (unpaired) electrons. The molecule has 0 fully saturated rings. The summed E-state index contributed by atoms with van der Waals surface area (Å²) in [6.07, 6.45) is -3.31. The van der Waals surface area contributed by atoms with E-state index in [9.17, 15) is 18.0 Å². The maximum absolute atomic E-state index is 12.5. The van der Waals surface area contributed by atoms with Gasteiger partial charge in [-0.3, -0.25) is 15.0 Å². The lowest BCUT2D eigenvalue weighted by molar-refractivity contribution is -0.140.